The van der Waals surface area contributed by atoms with Gasteiger partial charge >= 0.3 is 0 Å². The maximum absolute atomic E-state index is 12.0. The van der Waals surface area contributed by atoms with Gasteiger partial charge in [0.2, 0.25) is 5.91 Å². The number of nitrogens with one attached hydrogen (secondary N) is 4. The first-order valence-corrected chi connectivity index (χ1v) is 8.27. The molecule has 0 atom stereocenters. The SMILES string of the molecule is CCNC(=O)c1ccc(NC(=O)CNc2cccc(C(=O)NC)c2)cc1. The summed E-state index contributed by atoms with van der Waals surface area (Å²) in [6, 6.07) is 13.5. The molecule has 0 unspecified atom stereocenters. The molecular formula is C19H22N4O3. The second-order valence-electron chi connectivity index (χ2n) is 5.50. The van der Waals surface area contributed by atoms with Gasteiger partial charge in [-0.15, -0.1) is 0 Å². The zero-order valence-corrected chi connectivity index (χ0v) is 14.8. The van der Waals surface area contributed by atoms with Gasteiger partial charge in [0.1, 0.15) is 0 Å². The lowest BCUT2D eigenvalue weighted by molar-refractivity contribution is -0.114. The monoisotopic (exact) mass is 354 g/mol. The summed E-state index contributed by atoms with van der Waals surface area (Å²) in [7, 11) is 1.56. The first-order valence-electron chi connectivity index (χ1n) is 8.27. The first-order chi connectivity index (χ1) is 12.5. The maximum atomic E-state index is 12.0. The number of rotatable bonds is 7. The van der Waals surface area contributed by atoms with Gasteiger partial charge in [-0.25, -0.2) is 0 Å². The number of carbonyl (C=O) groups is 3. The van der Waals surface area contributed by atoms with E-state index in [2.05, 4.69) is 21.3 Å². The Balaban J connectivity index is 1.89. The molecule has 7 nitrogen and oxygen atoms in total. The molecule has 7 heteroatoms. The van der Waals surface area contributed by atoms with Gasteiger partial charge in [-0.05, 0) is 49.4 Å². The smallest absolute Gasteiger partial charge is 0.251 e. The Morgan fingerprint density at radius 1 is 0.885 bits per heavy atom. The molecule has 0 radical (unpaired) electrons. The van der Waals surface area contributed by atoms with Crippen LogP contribution in [0.1, 0.15) is 27.6 Å². The van der Waals surface area contributed by atoms with Gasteiger partial charge in [0, 0.05) is 36.1 Å². The van der Waals surface area contributed by atoms with Crippen molar-refractivity contribution in [1.29, 1.82) is 0 Å². The number of hydrogen-bond donors (Lipinski definition) is 4. The van der Waals surface area contributed by atoms with Crippen LogP contribution < -0.4 is 21.3 Å². The highest BCUT2D eigenvalue weighted by molar-refractivity contribution is 5.97. The number of anilines is 2. The van der Waals surface area contributed by atoms with Crippen LogP contribution in [0, 0.1) is 0 Å². The van der Waals surface area contributed by atoms with E-state index in [0.717, 1.165) is 0 Å². The van der Waals surface area contributed by atoms with Gasteiger partial charge in [0.15, 0.2) is 0 Å². The summed E-state index contributed by atoms with van der Waals surface area (Å²) in [5.41, 5.74) is 2.32. The van der Waals surface area contributed by atoms with Crippen molar-refractivity contribution in [3.8, 4) is 0 Å². The van der Waals surface area contributed by atoms with Gasteiger partial charge < -0.3 is 21.3 Å². The van der Waals surface area contributed by atoms with Crippen LogP contribution >= 0.6 is 0 Å². The average Bonchev–Trinajstić information content (AvgIpc) is 2.66. The van der Waals surface area contributed by atoms with Crippen LogP contribution in [0.2, 0.25) is 0 Å². The van der Waals surface area contributed by atoms with Gasteiger partial charge in [0.05, 0.1) is 6.54 Å². The van der Waals surface area contributed by atoms with E-state index >= 15 is 0 Å². The molecule has 2 aromatic rings. The predicted molar refractivity (Wildman–Crippen MR) is 101 cm³/mol. The van der Waals surface area contributed by atoms with Crippen LogP contribution in [0.5, 0.6) is 0 Å². The Morgan fingerprint density at radius 2 is 1.62 bits per heavy atom. The lowest BCUT2D eigenvalue weighted by Crippen LogP contribution is -2.23. The summed E-state index contributed by atoms with van der Waals surface area (Å²) >= 11 is 0. The molecular weight excluding hydrogens is 332 g/mol. The van der Waals surface area contributed by atoms with Gasteiger partial charge in [0.25, 0.3) is 11.8 Å². The summed E-state index contributed by atoms with van der Waals surface area (Å²) in [5.74, 6) is -0.575. The zero-order chi connectivity index (χ0) is 18.9. The highest BCUT2D eigenvalue weighted by Gasteiger charge is 2.07. The highest BCUT2D eigenvalue weighted by atomic mass is 16.2. The van der Waals surface area contributed by atoms with E-state index in [-0.39, 0.29) is 24.3 Å². The van der Waals surface area contributed by atoms with Crippen molar-refractivity contribution in [3.63, 3.8) is 0 Å². The lowest BCUT2D eigenvalue weighted by atomic mass is 10.2. The molecule has 136 valence electrons. The third-order valence-electron chi connectivity index (χ3n) is 3.57. The van der Waals surface area contributed by atoms with Crippen molar-refractivity contribution < 1.29 is 14.4 Å². The fraction of sp³-hybridized carbons (Fsp3) is 0.211. The molecule has 26 heavy (non-hydrogen) atoms. The molecule has 0 spiro atoms. The molecule has 3 amide bonds. The largest absolute Gasteiger partial charge is 0.376 e. The van der Waals surface area contributed by atoms with Crippen LogP contribution in [0.15, 0.2) is 48.5 Å². The fourth-order valence-corrected chi connectivity index (χ4v) is 2.27. The lowest BCUT2D eigenvalue weighted by Gasteiger charge is -2.09. The van der Waals surface area contributed by atoms with E-state index in [1.807, 2.05) is 6.92 Å². The van der Waals surface area contributed by atoms with Crippen LogP contribution in [0.4, 0.5) is 11.4 Å². The molecule has 2 rings (SSSR count). The topological polar surface area (TPSA) is 99.3 Å². The number of carbonyl (C=O) groups excluding carboxylic acids is 3. The Labute approximate surface area is 152 Å². The van der Waals surface area contributed by atoms with Gasteiger partial charge in [-0.2, -0.15) is 0 Å². The second-order valence-corrected chi connectivity index (χ2v) is 5.50. The molecule has 0 saturated carbocycles. The van der Waals surface area contributed by atoms with Crippen molar-refractivity contribution in [2.75, 3.05) is 30.8 Å². The molecule has 2 aromatic carbocycles. The maximum Gasteiger partial charge on any atom is 0.251 e. The number of amides is 3. The Bertz CT molecular complexity index is 788. The summed E-state index contributed by atoms with van der Waals surface area (Å²) in [5, 5.41) is 11.0. The molecule has 0 aromatic heterocycles. The summed E-state index contributed by atoms with van der Waals surface area (Å²) in [6.07, 6.45) is 0. The highest BCUT2D eigenvalue weighted by Crippen LogP contribution is 2.12. The van der Waals surface area contributed by atoms with Crippen molar-refractivity contribution >= 4 is 29.1 Å². The average molecular weight is 354 g/mol. The van der Waals surface area contributed by atoms with Crippen molar-refractivity contribution in [2.45, 2.75) is 6.92 Å². The fourth-order valence-electron chi connectivity index (χ4n) is 2.27. The first kappa shape index (κ1) is 19.0. The van der Waals surface area contributed by atoms with Crippen molar-refractivity contribution in [3.05, 3.63) is 59.7 Å². The van der Waals surface area contributed by atoms with Crippen LogP contribution in [-0.2, 0) is 4.79 Å². The summed E-state index contributed by atoms with van der Waals surface area (Å²) in [6.45, 7) is 2.46. The molecule has 0 aliphatic carbocycles. The molecule has 0 bridgehead atoms. The van der Waals surface area contributed by atoms with E-state index in [9.17, 15) is 14.4 Å². The molecule has 0 fully saturated rings. The summed E-state index contributed by atoms with van der Waals surface area (Å²) < 4.78 is 0. The third-order valence-corrected chi connectivity index (χ3v) is 3.57. The van der Waals surface area contributed by atoms with Crippen LogP contribution in [0.3, 0.4) is 0 Å². The zero-order valence-electron chi connectivity index (χ0n) is 14.8. The Kier molecular flexibility index (Phi) is 6.73. The Hall–Kier alpha value is -3.35. The standard InChI is InChI=1S/C19H22N4O3/c1-3-21-19(26)13-7-9-15(10-8-13)23-17(24)12-22-16-6-4-5-14(11-16)18(25)20-2/h4-11,22H,3,12H2,1-2H3,(H,20,25)(H,21,26)(H,23,24). The quantitative estimate of drug-likeness (QED) is 0.610. The van der Waals surface area contributed by atoms with Crippen LogP contribution in [-0.4, -0.2) is 37.9 Å². The van der Waals surface area contributed by atoms with Crippen molar-refractivity contribution in [2.24, 2.45) is 0 Å². The van der Waals surface area contributed by atoms with E-state index in [1.165, 1.54) is 0 Å². The van der Waals surface area contributed by atoms with E-state index in [4.69, 9.17) is 0 Å². The van der Waals surface area contributed by atoms with E-state index in [1.54, 1.807) is 55.6 Å². The Morgan fingerprint density at radius 3 is 2.27 bits per heavy atom. The summed E-state index contributed by atoms with van der Waals surface area (Å²) in [4.78, 5) is 35.4. The van der Waals surface area contributed by atoms with E-state index in [0.29, 0.717) is 29.0 Å². The van der Waals surface area contributed by atoms with E-state index < -0.39 is 0 Å². The molecule has 0 saturated heterocycles. The molecule has 0 aliphatic rings. The minimum atomic E-state index is -0.235. The molecule has 4 N–H and O–H groups in total. The molecule has 0 aliphatic heterocycles. The van der Waals surface area contributed by atoms with Gasteiger partial charge in [-0.1, -0.05) is 6.07 Å². The number of benzene rings is 2. The van der Waals surface area contributed by atoms with Crippen molar-refractivity contribution in [1.82, 2.24) is 10.6 Å². The molecule has 0 heterocycles. The van der Waals surface area contributed by atoms with Crippen LogP contribution in [0.25, 0.3) is 0 Å². The third kappa shape index (κ3) is 5.34. The second kappa shape index (κ2) is 9.22. The minimum absolute atomic E-state index is 0.0509. The normalized spacial score (nSPS) is 9.92. The number of hydrogen-bond acceptors (Lipinski definition) is 4. The van der Waals surface area contributed by atoms with Gasteiger partial charge in [-0.3, -0.25) is 14.4 Å². The predicted octanol–water partition coefficient (Wildman–Crippen LogP) is 1.85. The minimum Gasteiger partial charge on any atom is -0.376 e.